The Bertz CT molecular complexity index is 923. The molecule has 0 spiro atoms. The molecule has 3 aromatic rings. The van der Waals surface area contributed by atoms with Gasteiger partial charge in [-0.3, -0.25) is 4.79 Å². The predicted molar refractivity (Wildman–Crippen MR) is 94.2 cm³/mol. The average Bonchev–Trinajstić information content (AvgIpc) is 3.16. The number of carbonyl (C=O) groups excluding carboxylic acids is 1. The van der Waals surface area contributed by atoms with Crippen LogP contribution in [0, 0.1) is 0 Å². The number of hydrogen-bond donors (Lipinski definition) is 2. The van der Waals surface area contributed by atoms with Crippen molar-refractivity contribution >= 4 is 5.91 Å². The minimum absolute atomic E-state index is 0.0785. The standard InChI is InChI=1S/C18H18N4O4/c1-24-13-4-3-5-14(9-13)26-10-12-8-11(6-7-15(12)25-2)16-17(18(19)23)21-22-20-16/h3-9H,10H2,1-2H3,(H2,19,23)(H,20,21,22). The number of nitrogens with one attached hydrogen (secondary N) is 1. The molecule has 0 aliphatic heterocycles. The van der Waals surface area contributed by atoms with Crippen LogP contribution in [0.4, 0.5) is 0 Å². The Morgan fingerprint density at radius 1 is 1.08 bits per heavy atom. The van der Waals surface area contributed by atoms with Crippen LogP contribution in [0.15, 0.2) is 42.5 Å². The fourth-order valence-corrected chi connectivity index (χ4v) is 2.49. The fraction of sp³-hybridized carbons (Fsp3) is 0.167. The van der Waals surface area contributed by atoms with E-state index in [2.05, 4.69) is 15.4 Å². The lowest BCUT2D eigenvalue weighted by atomic mass is 10.1. The van der Waals surface area contributed by atoms with Crippen LogP contribution in [0.2, 0.25) is 0 Å². The summed E-state index contributed by atoms with van der Waals surface area (Å²) in [4.78, 5) is 11.5. The molecule has 3 rings (SSSR count). The van der Waals surface area contributed by atoms with Crippen molar-refractivity contribution < 1.29 is 19.0 Å². The Labute approximate surface area is 149 Å². The van der Waals surface area contributed by atoms with Crippen molar-refractivity contribution in [2.75, 3.05) is 14.2 Å². The molecule has 0 saturated heterocycles. The Kier molecular flexibility index (Phi) is 5.02. The second kappa shape index (κ2) is 7.56. The van der Waals surface area contributed by atoms with Gasteiger partial charge in [0.2, 0.25) is 0 Å². The minimum atomic E-state index is -0.654. The van der Waals surface area contributed by atoms with Gasteiger partial charge in [-0.1, -0.05) is 6.07 Å². The Morgan fingerprint density at radius 2 is 1.88 bits per heavy atom. The summed E-state index contributed by atoms with van der Waals surface area (Å²) in [7, 11) is 3.18. The Morgan fingerprint density at radius 3 is 2.62 bits per heavy atom. The van der Waals surface area contributed by atoms with Crippen LogP contribution in [0.5, 0.6) is 17.2 Å². The van der Waals surface area contributed by atoms with Gasteiger partial charge < -0.3 is 19.9 Å². The first-order valence-corrected chi connectivity index (χ1v) is 7.77. The highest BCUT2D eigenvalue weighted by atomic mass is 16.5. The lowest BCUT2D eigenvalue weighted by Gasteiger charge is -2.12. The first kappa shape index (κ1) is 17.3. The van der Waals surface area contributed by atoms with E-state index in [0.717, 1.165) is 5.56 Å². The molecule has 0 bridgehead atoms. The molecule has 1 heterocycles. The van der Waals surface area contributed by atoms with Crippen LogP contribution in [0.1, 0.15) is 16.1 Å². The molecular formula is C18H18N4O4. The normalized spacial score (nSPS) is 10.4. The smallest absolute Gasteiger partial charge is 0.271 e. The van der Waals surface area contributed by atoms with E-state index < -0.39 is 5.91 Å². The van der Waals surface area contributed by atoms with Gasteiger partial charge in [-0.25, -0.2) is 0 Å². The van der Waals surface area contributed by atoms with Gasteiger partial charge >= 0.3 is 0 Å². The van der Waals surface area contributed by atoms with Gasteiger partial charge in [0.1, 0.15) is 29.5 Å². The van der Waals surface area contributed by atoms with E-state index in [9.17, 15) is 4.79 Å². The van der Waals surface area contributed by atoms with E-state index in [1.54, 1.807) is 32.4 Å². The largest absolute Gasteiger partial charge is 0.497 e. The van der Waals surface area contributed by atoms with Gasteiger partial charge in [0, 0.05) is 17.2 Å². The second-order valence-corrected chi connectivity index (χ2v) is 5.38. The maximum absolute atomic E-state index is 11.5. The first-order valence-electron chi connectivity index (χ1n) is 7.77. The summed E-state index contributed by atoms with van der Waals surface area (Å²) in [6.45, 7) is 0.258. The second-order valence-electron chi connectivity index (χ2n) is 5.38. The predicted octanol–water partition coefficient (Wildman–Crippen LogP) is 2.17. The number of nitrogens with two attached hydrogens (primary N) is 1. The van der Waals surface area contributed by atoms with Gasteiger partial charge in [0.15, 0.2) is 5.69 Å². The van der Waals surface area contributed by atoms with E-state index >= 15 is 0 Å². The molecule has 2 aromatic carbocycles. The zero-order valence-corrected chi connectivity index (χ0v) is 14.4. The number of benzene rings is 2. The van der Waals surface area contributed by atoms with Gasteiger partial charge in [-0.2, -0.15) is 15.4 Å². The van der Waals surface area contributed by atoms with Crippen molar-refractivity contribution in [2.45, 2.75) is 6.61 Å². The summed E-state index contributed by atoms with van der Waals surface area (Å²) in [6, 6.07) is 12.7. The molecule has 0 aliphatic carbocycles. The van der Waals surface area contributed by atoms with Crippen LogP contribution in [0.3, 0.4) is 0 Å². The fourth-order valence-electron chi connectivity index (χ4n) is 2.49. The highest BCUT2D eigenvalue weighted by molar-refractivity contribution is 5.96. The third-order valence-corrected chi connectivity index (χ3v) is 3.77. The Hall–Kier alpha value is -3.55. The molecule has 134 valence electrons. The quantitative estimate of drug-likeness (QED) is 0.672. The SMILES string of the molecule is COc1cccc(OCc2cc(-c3n[nH]nc3C(N)=O)ccc2OC)c1. The van der Waals surface area contributed by atoms with Crippen molar-refractivity contribution in [3.8, 4) is 28.5 Å². The summed E-state index contributed by atoms with van der Waals surface area (Å²) >= 11 is 0. The first-order chi connectivity index (χ1) is 12.6. The molecule has 8 heteroatoms. The maximum Gasteiger partial charge on any atom is 0.271 e. The monoisotopic (exact) mass is 354 g/mol. The van der Waals surface area contributed by atoms with Crippen LogP contribution in [-0.2, 0) is 6.61 Å². The van der Waals surface area contributed by atoms with Gasteiger partial charge in [0.05, 0.1) is 14.2 Å². The average molecular weight is 354 g/mol. The number of aromatic nitrogens is 3. The van der Waals surface area contributed by atoms with Crippen LogP contribution < -0.4 is 19.9 Å². The molecule has 0 unspecified atom stereocenters. The molecule has 0 aliphatic rings. The number of aromatic amines is 1. The molecule has 8 nitrogen and oxygen atoms in total. The molecule has 1 amide bonds. The number of carbonyl (C=O) groups is 1. The molecule has 26 heavy (non-hydrogen) atoms. The number of primary amides is 1. The zero-order valence-electron chi connectivity index (χ0n) is 14.4. The lowest BCUT2D eigenvalue weighted by Crippen LogP contribution is -2.12. The third kappa shape index (κ3) is 3.59. The lowest BCUT2D eigenvalue weighted by molar-refractivity contribution is 0.0996. The molecule has 0 fully saturated rings. The number of nitrogens with zero attached hydrogens (tertiary/aromatic N) is 2. The van der Waals surface area contributed by atoms with E-state index in [1.807, 2.05) is 24.3 Å². The molecule has 0 atom stereocenters. The number of methoxy groups -OCH3 is 2. The summed E-state index contributed by atoms with van der Waals surface area (Å²) in [5, 5.41) is 10.2. The van der Waals surface area contributed by atoms with E-state index in [-0.39, 0.29) is 12.3 Å². The summed E-state index contributed by atoms with van der Waals surface area (Å²) in [6.07, 6.45) is 0. The molecule has 1 aromatic heterocycles. The molecule has 0 radical (unpaired) electrons. The van der Waals surface area contributed by atoms with E-state index in [0.29, 0.717) is 28.5 Å². The van der Waals surface area contributed by atoms with Crippen molar-refractivity contribution in [3.05, 3.63) is 53.7 Å². The van der Waals surface area contributed by atoms with E-state index in [4.69, 9.17) is 19.9 Å². The van der Waals surface area contributed by atoms with Crippen molar-refractivity contribution in [3.63, 3.8) is 0 Å². The highest BCUT2D eigenvalue weighted by Gasteiger charge is 2.17. The van der Waals surface area contributed by atoms with Gasteiger partial charge in [-0.05, 0) is 30.3 Å². The zero-order chi connectivity index (χ0) is 18.5. The van der Waals surface area contributed by atoms with Crippen molar-refractivity contribution in [2.24, 2.45) is 5.73 Å². The number of amides is 1. The molecular weight excluding hydrogens is 336 g/mol. The Balaban J connectivity index is 1.88. The number of hydrogen-bond acceptors (Lipinski definition) is 6. The van der Waals surface area contributed by atoms with E-state index in [1.165, 1.54) is 0 Å². The summed E-state index contributed by atoms with van der Waals surface area (Å²) in [5.41, 5.74) is 7.25. The number of rotatable bonds is 7. The van der Waals surface area contributed by atoms with Crippen LogP contribution >= 0.6 is 0 Å². The topological polar surface area (TPSA) is 112 Å². The summed E-state index contributed by atoms with van der Waals surface area (Å²) in [5.74, 6) is 1.37. The summed E-state index contributed by atoms with van der Waals surface area (Å²) < 4.78 is 16.4. The number of H-pyrrole nitrogens is 1. The third-order valence-electron chi connectivity index (χ3n) is 3.77. The minimum Gasteiger partial charge on any atom is -0.497 e. The molecule has 0 saturated carbocycles. The van der Waals surface area contributed by atoms with Crippen LogP contribution in [-0.4, -0.2) is 35.5 Å². The molecule has 3 N–H and O–H groups in total. The maximum atomic E-state index is 11.5. The van der Waals surface area contributed by atoms with Gasteiger partial charge in [-0.15, -0.1) is 0 Å². The van der Waals surface area contributed by atoms with Crippen LogP contribution in [0.25, 0.3) is 11.3 Å². The highest BCUT2D eigenvalue weighted by Crippen LogP contribution is 2.28. The van der Waals surface area contributed by atoms with Gasteiger partial charge in [0.25, 0.3) is 5.91 Å². The van der Waals surface area contributed by atoms with Crippen molar-refractivity contribution in [1.82, 2.24) is 15.4 Å². The van der Waals surface area contributed by atoms with Crippen molar-refractivity contribution in [1.29, 1.82) is 0 Å². The number of ether oxygens (including phenoxy) is 3.